The first-order valence-corrected chi connectivity index (χ1v) is 8.67. The molecule has 1 aliphatic rings. The summed E-state index contributed by atoms with van der Waals surface area (Å²) >= 11 is 0. The Balaban J connectivity index is 2.11. The van der Waals surface area contributed by atoms with E-state index in [9.17, 15) is 26.7 Å². The first kappa shape index (κ1) is 17.2. The van der Waals surface area contributed by atoms with Crippen molar-refractivity contribution in [3.63, 3.8) is 0 Å². The maximum atomic E-state index is 12.9. The number of sulfone groups is 1. The third-order valence-electron chi connectivity index (χ3n) is 3.92. The molecule has 1 saturated heterocycles. The second kappa shape index (κ2) is 6.17. The van der Waals surface area contributed by atoms with Crippen molar-refractivity contribution >= 4 is 9.84 Å². The van der Waals surface area contributed by atoms with Crippen LogP contribution >= 0.6 is 0 Å². The molecule has 0 unspecified atom stereocenters. The van der Waals surface area contributed by atoms with Crippen molar-refractivity contribution in [2.24, 2.45) is 0 Å². The van der Waals surface area contributed by atoms with E-state index in [0.717, 1.165) is 6.07 Å². The Hall–Kier alpha value is -1.12. The smallest absolute Gasteiger partial charge is 0.387 e. The van der Waals surface area contributed by atoms with Crippen molar-refractivity contribution in [3.8, 4) is 0 Å². The number of halogens is 3. The van der Waals surface area contributed by atoms with Crippen LogP contribution in [0.5, 0.6) is 0 Å². The Morgan fingerprint density at radius 1 is 1.36 bits per heavy atom. The largest absolute Gasteiger partial charge is 0.416 e. The highest BCUT2D eigenvalue weighted by atomic mass is 32.2. The number of hydrogen-bond acceptors (Lipinski definition) is 4. The molecule has 124 valence electrons. The van der Waals surface area contributed by atoms with E-state index >= 15 is 0 Å². The van der Waals surface area contributed by atoms with Gasteiger partial charge >= 0.3 is 6.18 Å². The Labute approximate surface area is 127 Å². The third-order valence-corrected chi connectivity index (χ3v) is 5.67. The van der Waals surface area contributed by atoms with Crippen LogP contribution < -0.4 is 0 Å². The van der Waals surface area contributed by atoms with Crippen molar-refractivity contribution in [2.75, 3.05) is 25.1 Å². The highest BCUT2D eigenvalue weighted by Gasteiger charge is 2.36. The fourth-order valence-corrected chi connectivity index (χ4v) is 4.49. The molecule has 0 saturated carbocycles. The molecule has 0 radical (unpaired) electrons. The minimum absolute atomic E-state index is 0.0167. The molecule has 1 N–H and O–H groups in total. The van der Waals surface area contributed by atoms with Gasteiger partial charge in [-0.05, 0) is 25.1 Å². The molecule has 8 heteroatoms. The topological polar surface area (TPSA) is 57.6 Å². The van der Waals surface area contributed by atoms with Crippen LogP contribution in [0, 0.1) is 0 Å². The number of aliphatic hydroxyl groups excluding tert-OH is 1. The molecular weight excluding hydrogens is 319 g/mol. The van der Waals surface area contributed by atoms with Crippen LogP contribution in [0.15, 0.2) is 24.3 Å². The normalized spacial score (nSPS) is 22.9. The Morgan fingerprint density at radius 3 is 2.55 bits per heavy atom. The van der Waals surface area contributed by atoms with Gasteiger partial charge in [-0.3, -0.25) is 4.90 Å². The molecule has 0 aromatic heterocycles. The van der Waals surface area contributed by atoms with Gasteiger partial charge in [-0.25, -0.2) is 8.42 Å². The maximum Gasteiger partial charge on any atom is 0.416 e. The zero-order chi connectivity index (χ0) is 16.5. The van der Waals surface area contributed by atoms with Gasteiger partial charge in [0.2, 0.25) is 0 Å². The molecule has 0 spiro atoms. The SMILES string of the molecule is CN(C[C@@H](O)c1ccccc1C(F)(F)F)[C@H]1CCS(=O)(=O)C1. The summed E-state index contributed by atoms with van der Waals surface area (Å²) in [6, 6.07) is 4.61. The summed E-state index contributed by atoms with van der Waals surface area (Å²) in [5.41, 5.74) is -1.06. The minimum Gasteiger partial charge on any atom is -0.387 e. The van der Waals surface area contributed by atoms with Crippen LogP contribution in [0.3, 0.4) is 0 Å². The number of likely N-dealkylation sites (N-methyl/N-ethyl adjacent to an activating group) is 1. The first-order valence-electron chi connectivity index (χ1n) is 6.85. The summed E-state index contributed by atoms with van der Waals surface area (Å²) in [6.45, 7) is -0.0483. The average molecular weight is 337 g/mol. The summed E-state index contributed by atoms with van der Waals surface area (Å²) in [5, 5.41) is 10.1. The molecule has 0 aliphatic carbocycles. The van der Waals surface area contributed by atoms with E-state index < -0.39 is 27.7 Å². The van der Waals surface area contributed by atoms with Crippen LogP contribution in [-0.4, -0.2) is 49.6 Å². The number of alkyl halides is 3. The maximum absolute atomic E-state index is 12.9. The first-order chi connectivity index (χ1) is 10.1. The van der Waals surface area contributed by atoms with Gasteiger partial charge in [-0.1, -0.05) is 18.2 Å². The molecule has 0 bridgehead atoms. The monoisotopic (exact) mass is 337 g/mol. The van der Waals surface area contributed by atoms with Crippen molar-refractivity contribution < 1.29 is 26.7 Å². The van der Waals surface area contributed by atoms with E-state index in [-0.39, 0.29) is 29.7 Å². The van der Waals surface area contributed by atoms with Crippen molar-refractivity contribution in [3.05, 3.63) is 35.4 Å². The van der Waals surface area contributed by atoms with Gasteiger partial charge in [0.1, 0.15) is 0 Å². The molecule has 2 atom stereocenters. The third kappa shape index (κ3) is 3.99. The summed E-state index contributed by atoms with van der Waals surface area (Å²) < 4.78 is 61.7. The van der Waals surface area contributed by atoms with E-state index in [4.69, 9.17) is 0 Å². The predicted octanol–water partition coefficient (Wildman–Crippen LogP) is 1.86. The van der Waals surface area contributed by atoms with E-state index in [2.05, 4.69) is 0 Å². The number of nitrogens with zero attached hydrogens (tertiary/aromatic N) is 1. The zero-order valence-corrected chi connectivity index (χ0v) is 12.9. The molecule has 22 heavy (non-hydrogen) atoms. The van der Waals surface area contributed by atoms with Crippen LogP contribution in [-0.2, 0) is 16.0 Å². The predicted molar refractivity (Wildman–Crippen MR) is 76.1 cm³/mol. The molecule has 2 rings (SSSR count). The molecule has 1 fully saturated rings. The standard InChI is InChI=1S/C14H18F3NO3S/c1-18(10-6-7-22(20,21)9-10)8-13(19)11-4-2-3-5-12(11)14(15,16)17/h2-5,10,13,19H,6-9H2,1H3/t10-,13+/m0/s1. The van der Waals surface area contributed by atoms with Gasteiger partial charge in [-0.15, -0.1) is 0 Å². The Kier molecular flexibility index (Phi) is 4.84. The van der Waals surface area contributed by atoms with E-state index in [1.165, 1.54) is 18.2 Å². The van der Waals surface area contributed by atoms with E-state index in [0.29, 0.717) is 6.42 Å². The van der Waals surface area contributed by atoms with Crippen LogP contribution in [0.25, 0.3) is 0 Å². The summed E-state index contributed by atoms with van der Waals surface area (Å²) in [7, 11) is -1.46. The van der Waals surface area contributed by atoms with Crippen LogP contribution in [0.2, 0.25) is 0 Å². The molecule has 0 amide bonds. The molecular formula is C14H18F3NO3S. The van der Waals surface area contributed by atoms with Crippen molar-refractivity contribution in [1.82, 2.24) is 4.90 Å². The zero-order valence-electron chi connectivity index (χ0n) is 12.0. The molecule has 1 heterocycles. The van der Waals surface area contributed by atoms with E-state index in [1.807, 2.05) is 0 Å². The van der Waals surface area contributed by atoms with Crippen LogP contribution in [0.1, 0.15) is 23.7 Å². The van der Waals surface area contributed by atoms with Gasteiger partial charge in [0.15, 0.2) is 9.84 Å². The van der Waals surface area contributed by atoms with Gasteiger partial charge in [-0.2, -0.15) is 13.2 Å². The summed E-state index contributed by atoms with van der Waals surface area (Å²) in [5.74, 6) is 0.0639. The Morgan fingerprint density at radius 2 is 2.00 bits per heavy atom. The number of aliphatic hydroxyl groups is 1. The molecule has 1 aromatic carbocycles. The number of benzene rings is 1. The molecule has 1 aromatic rings. The van der Waals surface area contributed by atoms with E-state index in [1.54, 1.807) is 11.9 Å². The lowest BCUT2D eigenvalue weighted by Gasteiger charge is -2.27. The second-order valence-corrected chi connectivity index (χ2v) is 7.83. The number of rotatable bonds is 4. The second-order valence-electron chi connectivity index (χ2n) is 5.60. The highest BCUT2D eigenvalue weighted by Crippen LogP contribution is 2.34. The van der Waals surface area contributed by atoms with Crippen molar-refractivity contribution in [2.45, 2.75) is 24.7 Å². The summed E-state index contributed by atoms with van der Waals surface area (Å²) in [6.07, 6.45) is -5.43. The summed E-state index contributed by atoms with van der Waals surface area (Å²) in [4.78, 5) is 1.61. The molecule has 1 aliphatic heterocycles. The van der Waals surface area contributed by atoms with Crippen LogP contribution in [0.4, 0.5) is 13.2 Å². The number of hydrogen-bond donors (Lipinski definition) is 1. The molecule has 4 nitrogen and oxygen atoms in total. The Bertz CT molecular complexity index is 630. The fraction of sp³-hybridized carbons (Fsp3) is 0.571. The quantitative estimate of drug-likeness (QED) is 0.911. The van der Waals surface area contributed by atoms with Gasteiger partial charge in [0.25, 0.3) is 0 Å². The lowest BCUT2D eigenvalue weighted by molar-refractivity contribution is -0.139. The van der Waals surface area contributed by atoms with Gasteiger partial charge in [0, 0.05) is 12.6 Å². The lowest BCUT2D eigenvalue weighted by atomic mass is 10.0. The fourth-order valence-electron chi connectivity index (χ4n) is 2.69. The van der Waals surface area contributed by atoms with Gasteiger partial charge < -0.3 is 5.11 Å². The average Bonchev–Trinajstić information content (AvgIpc) is 2.78. The van der Waals surface area contributed by atoms with Crippen molar-refractivity contribution in [1.29, 1.82) is 0 Å². The van der Waals surface area contributed by atoms with Gasteiger partial charge in [0.05, 0.1) is 23.2 Å². The highest BCUT2D eigenvalue weighted by molar-refractivity contribution is 7.91. The minimum atomic E-state index is -4.53. The lowest BCUT2D eigenvalue weighted by Crippen LogP contribution is -2.36.